The maximum atomic E-state index is 12.9. The van der Waals surface area contributed by atoms with Gasteiger partial charge in [0.2, 0.25) is 0 Å². The maximum absolute atomic E-state index is 12.9. The minimum Gasteiger partial charge on any atom is -0.210 e. The van der Waals surface area contributed by atoms with Gasteiger partial charge < -0.3 is 0 Å². The lowest BCUT2D eigenvalue weighted by atomic mass is 10.3. The molecule has 14 heavy (non-hydrogen) atoms. The number of carbonyl (C=O) groups excluding carboxylic acids is 1. The van der Waals surface area contributed by atoms with Crippen LogP contribution in [0.3, 0.4) is 0 Å². The molecule has 7 heteroatoms. The van der Waals surface area contributed by atoms with Gasteiger partial charge in [-0.2, -0.15) is 8.42 Å². The Morgan fingerprint density at radius 3 is 2.14 bits per heavy atom. The fraction of sp³-hybridized carbons (Fsp3) is 0. The van der Waals surface area contributed by atoms with Crippen LogP contribution in [0, 0.1) is 11.6 Å². The molecule has 0 radical (unpaired) electrons. The molecule has 0 heterocycles. The summed E-state index contributed by atoms with van der Waals surface area (Å²) in [5.41, 5.74) is 0. The molecular formula is C7H3F2NO3S. The number of rotatable bonds is 2. The third kappa shape index (κ3) is 1.84. The Hall–Kier alpha value is -1.59. The second kappa shape index (κ2) is 3.65. The number of halogens is 2. The monoisotopic (exact) mass is 219 g/mol. The van der Waals surface area contributed by atoms with E-state index in [-0.39, 0.29) is 0 Å². The van der Waals surface area contributed by atoms with Gasteiger partial charge in [-0.3, -0.25) is 0 Å². The Kier molecular flexibility index (Phi) is 2.73. The van der Waals surface area contributed by atoms with Gasteiger partial charge in [0.05, 0.1) is 0 Å². The van der Waals surface area contributed by atoms with Crippen molar-refractivity contribution < 1.29 is 22.0 Å². The molecule has 0 aliphatic heterocycles. The molecule has 4 nitrogen and oxygen atoms in total. The van der Waals surface area contributed by atoms with Crippen molar-refractivity contribution in [3.8, 4) is 0 Å². The van der Waals surface area contributed by atoms with E-state index in [0.29, 0.717) is 6.08 Å². The van der Waals surface area contributed by atoms with Crippen molar-refractivity contribution in [2.45, 2.75) is 4.90 Å². The van der Waals surface area contributed by atoms with E-state index in [2.05, 4.69) is 4.40 Å². The van der Waals surface area contributed by atoms with Crippen molar-refractivity contribution in [2.24, 2.45) is 4.40 Å². The van der Waals surface area contributed by atoms with Crippen LogP contribution < -0.4 is 0 Å². The van der Waals surface area contributed by atoms with Crippen molar-refractivity contribution in [3.05, 3.63) is 29.8 Å². The smallest absolute Gasteiger partial charge is 0.210 e. The molecule has 0 aromatic heterocycles. The summed E-state index contributed by atoms with van der Waals surface area (Å²) in [6.45, 7) is 0. The SMILES string of the molecule is O=C=NS(=O)(=O)c1c(F)cccc1F. The molecule has 0 aliphatic rings. The van der Waals surface area contributed by atoms with Crippen LogP contribution in [0.5, 0.6) is 0 Å². The van der Waals surface area contributed by atoms with Crippen molar-refractivity contribution in [1.82, 2.24) is 0 Å². The molecule has 0 saturated heterocycles. The topological polar surface area (TPSA) is 63.6 Å². The molecule has 0 unspecified atom stereocenters. The standard InChI is InChI=1S/C7H3F2NO3S/c8-5-2-1-3-6(9)7(5)14(12,13)10-4-11/h1-3H. The molecule has 1 rings (SSSR count). The largest absolute Gasteiger partial charge is 0.298 e. The van der Waals surface area contributed by atoms with Gasteiger partial charge in [-0.15, -0.1) is 0 Å². The van der Waals surface area contributed by atoms with Gasteiger partial charge in [0.15, 0.2) is 4.90 Å². The highest BCUT2D eigenvalue weighted by molar-refractivity contribution is 7.90. The Balaban J connectivity index is 3.55. The molecule has 0 N–H and O–H groups in total. The molecule has 0 atom stereocenters. The Bertz CT molecular complexity index is 485. The molecule has 1 aromatic rings. The zero-order valence-corrected chi connectivity index (χ0v) is 7.38. The third-order valence-corrected chi connectivity index (χ3v) is 2.56. The van der Waals surface area contributed by atoms with Crippen LogP contribution in [0.1, 0.15) is 0 Å². The van der Waals surface area contributed by atoms with E-state index < -0.39 is 26.6 Å². The zero-order chi connectivity index (χ0) is 10.8. The summed E-state index contributed by atoms with van der Waals surface area (Å²) in [6.07, 6.45) is 0.715. The molecule has 74 valence electrons. The van der Waals surface area contributed by atoms with E-state index in [0.717, 1.165) is 18.2 Å². The minimum absolute atomic E-state index is 0.715. The number of isocyanates is 1. The number of benzene rings is 1. The first-order valence-electron chi connectivity index (χ1n) is 3.27. The second-order valence-electron chi connectivity index (χ2n) is 2.21. The minimum atomic E-state index is -4.62. The lowest BCUT2D eigenvalue weighted by Crippen LogP contribution is -2.03. The van der Waals surface area contributed by atoms with Crippen molar-refractivity contribution in [1.29, 1.82) is 0 Å². The van der Waals surface area contributed by atoms with Crippen molar-refractivity contribution >= 4 is 16.1 Å². The van der Waals surface area contributed by atoms with E-state index in [1.165, 1.54) is 0 Å². The van der Waals surface area contributed by atoms with Gasteiger partial charge in [0.1, 0.15) is 11.6 Å². The molecule has 0 bridgehead atoms. The fourth-order valence-electron chi connectivity index (χ4n) is 0.824. The molecule has 0 saturated carbocycles. The number of hydrogen-bond donors (Lipinski definition) is 0. The predicted molar refractivity (Wildman–Crippen MR) is 41.7 cm³/mol. The first kappa shape index (κ1) is 10.5. The Morgan fingerprint density at radius 1 is 1.21 bits per heavy atom. The van der Waals surface area contributed by atoms with E-state index in [1.54, 1.807) is 0 Å². The zero-order valence-electron chi connectivity index (χ0n) is 6.57. The van der Waals surface area contributed by atoms with E-state index in [4.69, 9.17) is 0 Å². The molecule has 0 spiro atoms. The Morgan fingerprint density at radius 2 is 1.71 bits per heavy atom. The third-order valence-electron chi connectivity index (χ3n) is 1.33. The van der Waals surface area contributed by atoms with Gasteiger partial charge in [0.25, 0.3) is 16.1 Å². The van der Waals surface area contributed by atoms with Crippen molar-refractivity contribution in [3.63, 3.8) is 0 Å². The van der Waals surface area contributed by atoms with Crippen LogP contribution in [-0.4, -0.2) is 14.5 Å². The summed E-state index contributed by atoms with van der Waals surface area (Å²) in [6, 6.07) is 2.49. The van der Waals surface area contributed by atoms with Crippen LogP contribution in [0.4, 0.5) is 8.78 Å². The lowest BCUT2D eigenvalue weighted by molar-refractivity contribution is 0.519. The first-order chi connectivity index (χ1) is 6.49. The van der Waals surface area contributed by atoms with Gasteiger partial charge in [-0.25, -0.2) is 13.6 Å². The van der Waals surface area contributed by atoms with Gasteiger partial charge in [0, 0.05) is 0 Å². The number of hydrogen-bond acceptors (Lipinski definition) is 3. The highest BCUT2D eigenvalue weighted by Crippen LogP contribution is 2.19. The summed E-state index contributed by atoms with van der Waals surface area (Å²) in [7, 11) is -4.62. The molecule has 0 amide bonds. The lowest BCUT2D eigenvalue weighted by Gasteiger charge is -1.99. The maximum Gasteiger partial charge on any atom is 0.298 e. The Labute approximate surface area is 77.9 Å². The van der Waals surface area contributed by atoms with Crippen LogP contribution in [0.2, 0.25) is 0 Å². The summed E-state index contributed by atoms with van der Waals surface area (Å²) >= 11 is 0. The molecular weight excluding hydrogens is 216 g/mol. The van der Waals surface area contributed by atoms with E-state index in [9.17, 15) is 22.0 Å². The van der Waals surface area contributed by atoms with E-state index >= 15 is 0 Å². The van der Waals surface area contributed by atoms with Crippen LogP contribution in [0.25, 0.3) is 0 Å². The van der Waals surface area contributed by atoms with Crippen LogP contribution in [0.15, 0.2) is 27.5 Å². The summed E-state index contributed by atoms with van der Waals surface area (Å²) < 4.78 is 50.0. The summed E-state index contributed by atoms with van der Waals surface area (Å²) in [5.74, 6) is -2.60. The highest BCUT2D eigenvalue weighted by Gasteiger charge is 2.22. The normalized spacial score (nSPS) is 10.7. The van der Waals surface area contributed by atoms with E-state index in [1.807, 2.05) is 0 Å². The van der Waals surface area contributed by atoms with Crippen LogP contribution in [-0.2, 0) is 14.8 Å². The predicted octanol–water partition coefficient (Wildman–Crippen LogP) is 0.989. The first-order valence-corrected chi connectivity index (χ1v) is 4.71. The van der Waals surface area contributed by atoms with Gasteiger partial charge in [-0.05, 0) is 12.1 Å². The molecule has 0 aliphatic carbocycles. The summed E-state index contributed by atoms with van der Waals surface area (Å²) in [4.78, 5) is 8.45. The number of sulfonamides is 1. The van der Waals surface area contributed by atoms with Gasteiger partial charge in [-0.1, -0.05) is 10.5 Å². The highest BCUT2D eigenvalue weighted by atomic mass is 32.2. The number of nitrogens with zero attached hydrogens (tertiary/aromatic N) is 1. The quantitative estimate of drug-likeness (QED) is 0.550. The molecule has 1 aromatic carbocycles. The molecule has 0 fully saturated rings. The average molecular weight is 219 g/mol. The van der Waals surface area contributed by atoms with Crippen molar-refractivity contribution in [2.75, 3.05) is 0 Å². The second-order valence-corrected chi connectivity index (χ2v) is 3.75. The van der Waals surface area contributed by atoms with Crippen LogP contribution >= 0.6 is 0 Å². The van der Waals surface area contributed by atoms with Gasteiger partial charge >= 0.3 is 0 Å². The summed E-state index contributed by atoms with van der Waals surface area (Å²) in [5, 5.41) is 0. The fourth-order valence-corrected chi connectivity index (χ4v) is 1.64. The average Bonchev–Trinajstić information content (AvgIpc) is 2.02.